The van der Waals surface area contributed by atoms with E-state index in [0.717, 1.165) is 32.1 Å². The van der Waals surface area contributed by atoms with Gasteiger partial charge in [0.1, 0.15) is 28.9 Å². The quantitative estimate of drug-likeness (QED) is 0.563. The molecule has 3 rings (SSSR count). The molecule has 142 valence electrons. The van der Waals surface area contributed by atoms with Gasteiger partial charge in [0.15, 0.2) is 5.82 Å². The lowest BCUT2D eigenvalue weighted by Gasteiger charge is -2.26. The minimum absolute atomic E-state index is 0.00183. The fourth-order valence-corrected chi connectivity index (χ4v) is 3.78. The zero-order valence-corrected chi connectivity index (χ0v) is 15.7. The molecule has 7 heteroatoms. The van der Waals surface area contributed by atoms with Gasteiger partial charge in [-0.2, -0.15) is 5.26 Å². The molecule has 0 radical (unpaired) electrons. The topological polar surface area (TPSA) is 119 Å². The normalized spacial score (nSPS) is 20.2. The van der Waals surface area contributed by atoms with Crippen molar-refractivity contribution in [1.82, 2.24) is 14.9 Å². The average molecular weight is 367 g/mol. The van der Waals surface area contributed by atoms with Gasteiger partial charge < -0.3 is 20.8 Å². The maximum absolute atomic E-state index is 10.2. The van der Waals surface area contributed by atoms with E-state index in [1.807, 2.05) is 0 Å². The summed E-state index contributed by atoms with van der Waals surface area (Å²) in [4.78, 5) is 11.1. The molecular formula is C20H25N5O2. The van der Waals surface area contributed by atoms with Crippen LogP contribution in [0.4, 0.5) is 5.82 Å². The first-order chi connectivity index (χ1) is 12.9. The first-order valence-corrected chi connectivity index (χ1v) is 9.17. The van der Waals surface area contributed by atoms with Gasteiger partial charge >= 0.3 is 0 Å². The number of aromatic hydroxyl groups is 2. The number of phenolic OH excluding ortho intramolecular Hbond substituents is 2. The molecule has 0 spiro atoms. The van der Waals surface area contributed by atoms with Gasteiger partial charge in [-0.3, -0.25) is 0 Å². The number of nitrogen functional groups attached to an aromatic ring is 1. The number of rotatable bonds is 3. The van der Waals surface area contributed by atoms with E-state index in [-0.39, 0.29) is 29.1 Å². The number of phenols is 2. The van der Waals surface area contributed by atoms with Gasteiger partial charge in [0.2, 0.25) is 0 Å². The maximum atomic E-state index is 10.2. The summed E-state index contributed by atoms with van der Waals surface area (Å²) in [7, 11) is 4.14. The molecule has 2 aromatic rings. The smallest absolute Gasteiger partial charge is 0.165 e. The number of nitrogens with two attached hydrogens (primary N) is 1. The molecule has 27 heavy (non-hydrogen) atoms. The summed E-state index contributed by atoms with van der Waals surface area (Å²) < 4.78 is 0. The Kier molecular flexibility index (Phi) is 5.47. The number of hydrogen-bond donors (Lipinski definition) is 3. The summed E-state index contributed by atoms with van der Waals surface area (Å²) in [6, 6.07) is 6.74. The predicted octanol–water partition coefficient (Wildman–Crippen LogP) is 2.99. The van der Waals surface area contributed by atoms with Gasteiger partial charge in [0.05, 0.1) is 11.3 Å². The van der Waals surface area contributed by atoms with Crippen LogP contribution >= 0.6 is 0 Å². The first-order valence-electron chi connectivity index (χ1n) is 9.17. The number of anilines is 1. The van der Waals surface area contributed by atoms with Crippen molar-refractivity contribution in [2.24, 2.45) is 0 Å². The molecule has 1 fully saturated rings. The van der Waals surface area contributed by atoms with Crippen molar-refractivity contribution in [3.8, 4) is 29.0 Å². The van der Waals surface area contributed by atoms with Crippen LogP contribution in [0.15, 0.2) is 18.2 Å². The molecule has 1 saturated carbocycles. The zero-order chi connectivity index (χ0) is 19.6. The lowest BCUT2D eigenvalue weighted by atomic mass is 9.91. The minimum atomic E-state index is -0.0464. The Bertz CT molecular complexity index is 875. The van der Waals surface area contributed by atoms with Gasteiger partial charge in [0, 0.05) is 12.0 Å². The number of benzene rings is 1. The number of nitrogens with zero attached hydrogens (tertiary/aromatic N) is 4. The molecule has 2 unspecified atom stereocenters. The van der Waals surface area contributed by atoms with Crippen LogP contribution in [0, 0.1) is 11.3 Å². The fourth-order valence-electron chi connectivity index (χ4n) is 3.78. The molecule has 0 amide bonds. The molecule has 1 aliphatic carbocycles. The highest BCUT2D eigenvalue weighted by Crippen LogP contribution is 2.37. The molecule has 0 aliphatic heterocycles. The summed E-state index contributed by atoms with van der Waals surface area (Å²) in [5, 5.41) is 29.6. The summed E-state index contributed by atoms with van der Waals surface area (Å²) in [6.07, 6.45) is 5.15. The van der Waals surface area contributed by atoms with Crippen LogP contribution in [0.25, 0.3) is 11.4 Å². The van der Waals surface area contributed by atoms with Gasteiger partial charge in [-0.05, 0) is 51.6 Å². The van der Waals surface area contributed by atoms with Gasteiger partial charge in [-0.15, -0.1) is 0 Å². The lowest BCUT2D eigenvalue weighted by Crippen LogP contribution is -2.29. The molecule has 0 saturated heterocycles. The van der Waals surface area contributed by atoms with Crippen molar-refractivity contribution >= 4 is 5.82 Å². The third kappa shape index (κ3) is 3.96. The molecule has 1 aliphatic rings. The molecule has 2 atom stereocenters. The van der Waals surface area contributed by atoms with Gasteiger partial charge in [-0.1, -0.05) is 12.8 Å². The van der Waals surface area contributed by atoms with E-state index < -0.39 is 0 Å². The maximum Gasteiger partial charge on any atom is 0.165 e. The lowest BCUT2D eigenvalue weighted by molar-refractivity contribution is 0.258. The van der Waals surface area contributed by atoms with Crippen molar-refractivity contribution in [3.05, 3.63) is 29.5 Å². The predicted molar refractivity (Wildman–Crippen MR) is 103 cm³/mol. The van der Waals surface area contributed by atoms with Crippen LogP contribution in [0.5, 0.6) is 11.5 Å². The fraction of sp³-hybridized carbons (Fsp3) is 0.450. The van der Waals surface area contributed by atoms with Crippen LogP contribution in [0.1, 0.15) is 49.3 Å². The van der Waals surface area contributed by atoms with Crippen LogP contribution in [-0.4, -0.2) is 45.2 Å². The Morgan fingerprint density at radius 2 is 1.93 bits per heavy atom. The second kappa shape index (κ2) is 7.80. The van der Waals surface area contributed by atoms with Crippen LogP contribution < -0.4 is 5.73 Å². The van der Waals surface area contributed by atoms with Crippen molar-refractivity contribution in [2.75, 3.05) is 19.8 Å². The van der Waals surface area contributed by atoms with Crippen molar-refractivity contribution in [2.45, 2.75) is 44.1 Å². The molecule has 0 bridgehead atoms. The molecule has 1 heterocycles. The van der Waals surface area contributed by atoms with Gasteiger partial charge in [-0.25, -0.2) is 9.97 Å². The molecule has 7 nitrogen and oxygen atoms in total. The highest BCUT2D eigenvalue weighted by Gasteiger charge is 2.28. The minimum Gasteiger partial charge on any atom is -0.508 e. The third-order valence-corrected chi connectivity index (χ3v) is 5.31. The standard InChI is InChI=1S/C20H25N5O2/c1-25(2)13-6-4-3-5-12(9-13)18-16(11-21)19(22)24-20(23-18)15-10-14(26)7-8-17(15)27/h7-8,10,12-13,26-27H,3-6,9H2,1-2H3,(H2,22,23,24). The largest absolute Gasteiger partial charge is 0.508 e. The number of nitriles is 1. The highest BCUT2D eigenvalue weighted by atomic mass is 16.3. The van der Waals surface area contributed by atoms with E-state index in [1.54, 1.807) is 0 Å². The summed E-state index contributed by atoms with van der Waals surface area (Å²) >= 11 is 0. The SMILES string of the molecule is CN(C)C1CCCCC(c2nc(-c3cc(O)ccc3O)nc(N)c2C#N)C1. The van der Waals surface area contributed by atoms with E-state index in [2.05, 4.69) is 35.0 Å². The van der Waals surface area contributed by atoms with Crippen molar-refractivity contribution in [3.63, 3.8) is 0 Å². The second-order valence-electron chi connectivity index (χ2n) is 7.34. The first kappa shape index (κ1) is 18.9. The van der Waals surface area contributed by atoms with Crippen LogP contribution in [0.3, 0.4) is 0 Å². The van der Waals surface area contributed by atoms with Crippen LogP contribution in [-0.2, 0) is 0 Å². The van der Waals surface area contributed by atoms with E-state index in [9.17, 15) is 15.5 Å². The van der Waals surface area contributed by atoms with E-state index in [0.29, 0.717) is 22.9 Å². The highest BCUT2D eigenvalue weighted by molar-refractivity contribution is 5.68. The molecule has 4 N–H and O–H groups in total. The molecule has 1 aromatic carbocycles. The third-order valence-electron chi connectivity index (χ3n) is 5.31. The summed E-state index contributed by atoms with van der Waals surface area (Å²) in [6.45, 7) is 0. The number of aromatic nitrogens is 2. The average Bonchev–Trinajstić information content (AvgIpc) is 2.89. The Morgan fingerprint density at radius 3 is 2.63 bits per heavy atom. The second-order valence-corrected chi connectivity index (χ2v) is 7.34. The molecular weight excluding hydrogens is 342 g/mol. The van der Waals surface area contributed by atoms with E-state index in [1.165, 1.54) is 18.2 Å². The van der Waals surface area contributed by atoms with Crippen molar-refractivity contribution < 1.29 is 10.2 Å². The Labute approximate surface area is 159 Å². The Morgan fingerprint density at radius 1 is 1.19 bits per heavy atom. The summed E-state index contributed by atoms with van der Waals surface area (Å²) in [5.74, 6) is 0.373. The monoisotopic (exact) mass is 367 g/mol. The van der Waals surface area contributed by atoms with E-state index >= 15 is 0 Å². The van der Waals surface area contributed by atoms with E-state index in [4.69, 9.17) is 5.73 Å². The van der Waals surface area contributed by atoms with Crippen LogP contribution in [0.2, 0.25) is 0 Å². The van der Waals surface area contributed by atoms with Crippen molar-refractivity contribution in [1.29, 1.82) is 5.26 Å². The Balaban J connectivity index is 2.10. The summed E-state index contributed by atoms with van der Waals surface area (Å²) in [5.41, 5.74) is 7.31. The zero-order valence-electron chi connectivity index (χ0n) is 15.7. The molecule has 1 aromatic heterocycles. The Hall–Kier alpha value is -2.85. The number of hydrogen-bond acceptors (Lipinski definition) is 7. The van der Waals surface area contributed by atoms with Gasteiger partial charge in [0.25, 0.3) is 0 Å².